The number of nitrogens with zero attached hydrogens (tertiary/aromatic N) is 4. The van der Waals surface area contributed by atoms with Crippen molar-refractivity contribution in [2.24, 2.45) is 7.05 Å². The Morgan fingerprint density at radius 2 is 2.10 bits per heavy atom. The van der Waals surface area contributed by atoms with Gasteiger partial charge in [-0.05, 0) is 29.3 Å². The molecule has 2 aromatic heterocycles. The number of rotatable bonds is 7. The minimum absolute atomic E-state index is 0.127. The number of hydrogen-bond acceptors (Lipinski definition) is 7. The van der Waals surface area contributed by atoms with E-state index in [0.29, 0.717) is 22.7 Å². The van der Waals surface area contributed by atoms with Gasteiger partial charge in [0.05, 0.1) is 5.75 Å². The Morgan fingerprint density at radius 1 is 1.24 bits per heavy atom. The summed E-state index contributed by atoms with van der Waals surface area (Å²) in [7, 11) is 1.87. The second-order valence-corrected chi connectivity index (χ2v) is 8.17. The minimum atomic E-state index is -0.127. The summed E-state index contributed by atoms with van der Waals surface area (Å²) < 4.78 is 7.85. The van der Waals surface area contributed by atoms with Crippen molar-refractivity contribution in [3.63, 3.8) is 0 Å². The molecule has 7 nitrogen and oxygen atoms in total. The first kappa shape index (κ1) is 19.4. The van der Waals surface area contributed by atoms with Gasteiger partial charge in [0.15, 0.2) is 16.1 Å². The molecule has 4 rings (SSSR count). The zero-order chi connectivity index (χ0) is 20.2. The summed E-state index contributed by atoms with van der Waals surface area (Å²) in [5.74, 6) is 1.62. The molecule has 0 saturated heterocycles. The molecule has 0 radical (unpaired) electrons. The summed E-state index contributed by atoms with van der Waals surface area (Å²) in [4.78, 5) is 16.0. The summed E-state index contributed by atoms with van der Waals surface area (Å²) in [6.45, 7) is 2.35. The quantitative estimate of drug-likeness (QED) is 0.450. The lowest BCUT2D eigenvalue weighted by Crippen LogP contribution is -2.14. The van der Waals surface area contributed by atoms with Crippen LogP contribution < -0.4 is 10.1 Å². The van der Waals surface area contributed by atoms with Gasteiger partial charge in [-0.1, -0.05) is 42.1 Å². The van der Waals surface area contributed by atoms with E-state index < -0.39 is 0 Å². The highest BCUT2D eigenvalue weighted by molar-refractivity contribution is 7.99. The van der Waals surface area contributed by atoms with Crippen molar-refractivity contribution in [3.8, 4) is 5.75 Å². The highest BCUT2D eigenvalue weighted by atomic mass is 32.2. The van der Waals surface area contributed by atoms with E-state index in [1.807, 2.05) is 35.2 Å². The van der Waals surface area contributed by atoms with E-state index in [2.05, 4.69) is 45.6 Å². The molecule has 0 aliphatic carbocycles. The molecule has 0 aliphatic heterocycles. The number of carbonyl (C=O) groups is 1. The smallest absolute Gasteiger partial charge is 0.236 e. The van der Waals surface area contributed by atoms with Crippen molar-refractivity contribution in [3.05, 3.63) is 59.4 Å². The molecule has 2 aromatic carbocycles. The monoisotopic (exact) mass is 425 g/mol. The van der Waals surface area contributed by atoms with Gasteiger partial charge >= 0.3 is 0 Å². The average molecular weight is 426 g/mol. The van der Waals surface area contributed by atoms with E-state index >= 15 is 0 Å². The number of nitrogens with one attached hydrogen (secondary N) is 1. The Morgan fingerprint density at radius 3 is 2.93 bits per heavy atom. The fourth-order valence-corrected chi connectivity index (χ4v) is 4.15. The molecule has 1 N–H and O–H groups in total. The lowest BCUT2D eigenvalue weighted by molar-refractivity contribution is -0.113. The van der Waals surface area contributed by atoms with Crippen LogP contribution in [0.4, 0.5) is 5.13 Å². The highest BCUT2D eigenvalue weighted by Crippen LogP contribution is 2.27. The molecule has 1 amide bonds. The number of fused-ring (bicyclic) bond motifs is 1. The molecule has 2 heterocycles. The molecule has 0 atom stereocenters. The van der Waals surface area contributed by atoms with E-state index in [1.54, 1.807) is 6.20 Å². The molecule has 148 valence electrons. The summed E-state index contributed by atoms with van der Waals surface area (Å²) in [5, 5.41) is 16.5. The van der Waals surface area contributed by atoms with Crippen molar-refractivity contribution in [1.29, 1.82) is 0 Å². The molecule has 9 heteroatoms. The summed E-state index contributed by atoms with van der Waals surface area (Å²) >= 11 is 2.71. The van der Waals surface area contributed by atoms with Crippen molar-refractivity contribution in [2.45, 2.75) is 18.7 Å². The van der Waals surface area contributed by atoms with Crippen molar-refractivity contribution in [2.75, 3.05) is 11.1 Å². The van der Waals surface area contributed by atoms with Crippen LogP contribution in [0.1, 0.15) is 11.4 Å². The number of carbonyl (C=O) groups excluding carboxylic acids is 1. The largest absolute Gasteiger partial charge is 0.485 e. The number of benzene rings is 2. The number of aryl methyl sites for hydroxylation is 1. The molecule has 0 bridgehead atoms. The maximum Gasteiger partial charge on any atom is 0.236 e. The van der Waals surface area contributed by atoms with E-state index in [9.17, 15) is 4.79 Å². The number of amides is 1. The van der Waals surface area contributed by atoms with Crippen LogP contribution >= 0.6 is 23.1 Å². The van der Waals surface area contributed by atoms with Gasteiger partial charge < -0.3 is 14.6 Å². The first-order chi connectivity index (χ1) is 14.1. The number of aromatic nitrogens is 4. The van der Waals surface area contributed by atoms with Gasteiger partial charge in [0.1, 0.15) is 12.4 Å². The summed E-state index contributed by atoms with van der Waals surface area (Å²) in [6.07, 6.45) is 1.65. The van der Waals surface area contributed by atoms with Crippen LogP contribution in [0.5, 0.6) is 5.75 Å². The van der Waals surface area contributed by atoms with Gasteiger partial charge in [-0.2, -0.15) is 0 Å². The van der Waals surface area contributed by atoms with Crippen molar-refractivity contribution >= 4 is 44.9 Å². The third-order valence-corrected chi connectivity index (χ3v) is 6.15. The Balaban J connectivity index is 1.37. The normalized spacial score (nSPS) is 11.0. The highest BCUT2D eigenvalue weighted by Gasteiger charge is 2.13. The van der Waals surface area contributed by atoms with Crippen LogP contribution in [-0.4, -0.2) is 31.4 Å². The number of thioether (sulfide) groups is 1. The zero-order valence-corrected chi connectivity index (χ0v) is 17.6. The average Bonchev–Trinajstić information content (AvgIpc) is 3.36. The van der Waals surface area contributed by atoms with Gasteiger partial charge in [0.25, 0.3) is 0 Å². The number of ether oxygens (including phenoxy) is 1. The second-order valence-electron chi connectivity index (χ2n) is 6.33. The molecule has 0 spiro atoms. The fraction of sp³-hybridized carbons (Fsp3) is 0.200. The molecule has 0 saturated carbocycles. The standard InChI is InChI=1S/C20H19N5O2S2/c1-13-15-6-4-3-5-14(15)7-8-16(13)27-11-17-23-24-20(25(17)2)29-12-18(26)22-19-21-9-10-28-19/h3-10H,11-12H2,1-2H3,(H,21,22,26). The van der Waals surface area contributed by atoms with Gasteiger partial charge in [0.2, 0.25) is 5.91 Å². The molecule has 0 fully saturated rings. The summed E-state index contributed by atoms with van der Waals surface area (Å²) in [6, 6.07) is 12.3. The second kappa shape index (κ2) is 8.62. The van der Waals surface area contributed by atoms with E-state index in [4.69, 9.17) is 4.74 Å². The Kier molecular flexibility index (Phi) is 5.77. The zero-order valence-electron chi connectivity index (χ0n) is 16.0. The lowest BCUT2D eigenvalue weighted by atomic mass is 10.0. The third kappa shape index (κ3) is 4.41. The van der Waals surface area contributed by atoms with Crippen molar-refractivity contribution in [1.82, 2.24) is 19.7 Å². The fourth-order valence-electron chi connectivity index (χ4n) is 2.87. The Hall–Kier alpha value is -2.91. The van der Waals surface area contributed by atoms with Gasteiger partial charge in [-0.3, -0.25) is 4.79 Å². The maximum atomic E-state index is 12.0. The number of anilines is 1. The Labute approximate surface area is 176 Å². The predicted octanol–water partition coefficient (Wildman–Crippen LogP) is 4.04. The molecule has 0 unspecified atom stereocenters. The molecule has 29 heavy (non-hydrogen) atoms. The number of thiazole rings is 1. The van der Waals surface area contributed by atoms with Crippen LogP contribution in [0.3, 0.4) is 0 Å². The van der Waals surface area contributed by atoms with Crippen LogP contribution in [-0.2, 0) is 18.4 Å². The number of hydrogen-bond donors (Lipinski definition) is 1. The molecular weight excluding hydrogens is 406 g/mol. The van der Waals surface area contributed by atoms with Crippen LogP contribution in [0.15, 0.2) is 53.1 Å². The third-order valence-electron chi connectivity index (χ3n) is 4.44. The van der Waals surface area contributed by atoms with E-state index in [1.165, 1.54) is 33.9 Å². The molecular formula is C20H19N5O2S2. The van der Waals surface area contributed by atoms with Crippen LogP contribution in [0, 0.1) is 6.92 Å². The van der Waals surface area contributed by atoms with Gasteiger partial charge in [-0.25, -0.2) is 4.98 Å². The SMILES string of the molecule is Cc1c(OCc2nnc(SCC(=O)Nc3nccs3)n2C)ccc2ccccc12. The maximum absolute atomic E-state index is 12.0. The van der Waals surface area contributed by atoms with Crippen molar-refractivity contribution < 1.29 is 9.53 Å². The first-order valence-electron chi connectivity index (χ1n) is 8.93. The first-order valence-corrected chi connectivity index (χ1v) is 10.8. The lowest BCUT2D eigenvalue weighted by Gasteiger charge is -2.11. The van der Waals surface area contributed by atoms with Gasteiger partial charge in [-0.15, -0.1) is 21.5 Å². The topological polar surface area (TPSA) is 81.9 Å². The predicted molar refractivity (Wildman–Crippen MR) is 115 cm³/mol. The molecule has 4 aromatic rings. The Bertz CT molecular complexity index is 1140. The summed E-state index contributed by atoms with van der Waals surface area (Å²) in [5.41, 5.74) is 1.10. The molecule has 0 aliphatic rings. The van der Waals surface area contributed by atoms with Crippen LogP contribution in [0.2, 0.25) is 0 Å². The van der Waals surface area contributed by atoms with Crippen LogP contribution in [0.25, 0.3) is 10.8 Å². The van der Waals surface area contributed by atoms with E-state index in [0.717, 1.165) is 11.3 Å². The minimum Gasteiger partial charge on any atom is -0.485 e. The van der Waals surface area contributed by atoms with Gasteiger partial charge in [0, 0.05) is 18.6 Å². The van der Waals surface area contributed by atoms with E-state index in [-0.39, 0.29) is 11.7 Å².